The lowest BCUT2D eigenvalue weighted by Gasteiger charge is -2.08. The minimum atomic E-state index is -0.455. The van der Waals surface area contributed by atoms with Gasteiger partial charge in [-0.1, -0.05) is 35.9 Å². The van der Waals surface area contributed by atoms with Gasteiger partial charge in [0.1, 0.15) is 12.4 Å². The van der Waals surface area contributed by atoms with Gasteiger partial charge in [0.25, 0.3) is 0 Å². The largest absolute Gasteiger partial charge is 0.480 e. The molecule has 0 radical (unpaired) electrons. The molecule has 0 aliphatic carbocycles. The monoisotopic (exact) mass is 291 g/mol. The van der Waals surface area contributed by atoms with Crippen molar-refractivity contribution in [3.05, 3.63) is 59.1 Å². The quantitative estimate of drug-likeness (QED) is 0.679. The molecule has 104 valence electrons. The van der Waals surface area contributed by atoms with Crippen LogP contribution in [0.2, 0.25) is 5.02 Å². The van der Waals surface area contributed by atoms with E-state index in [1.807, 2.05) is 0 Å². The second kappa shape index (κ2) is 6.82. The van der Waals surface area contributed by atoms with E-state index < -0.39 is 5.97 Å². The highest BCUT2D eigenvalue weighted by Gasteiger charge is 2.06. The highest BCUT2D eigenvalue weighted by molar-refractivity contribution is 6.30. The molecule has 2 rings (SSSR count). The van der Waals surface area contributed by atoms with Crippen molar-refractivity contribution in [2.75, 3.05) is 12.3 Å². The Morgan fingerprint density at radius 3 is 2.50 bits per heavy atom. The number of carbonyl (C=O) groups excluding carboxylic acids is 1. The average molecular weight is 292 g/mol. The Morgan fingerprint density at radius 2 is 1.80 bits per heavy atom. The first-order chi connectivity index (χ1) is 9.65. The van der Waals surface area contributed by atoms with E-state index in [2.05, 4.69) is 0 Å². The Balaban J connectivity index is 1.78. The lowest BCUT2D eigenvalue weighted by atomic mass is 10.2. The number of hydrogen-bond donors (Lipinski definition) is 1. The number of rotatable bonds is 5. The first-order valence-electron chi connectivity index (χ1n) is 6.02. The van der Waals surface area contributed by atoms with Gasteiger partial charge in [0.15, 0.2) is 6.61 Å². The van der Waals surface area contributed by atoms with Crippen LogP contribution < -0.4 is 10.5 Å². The van der Waals surface area contributed by atoms with Crippen LogP contribution in [0.5, 0.6) is 5.75 Å². The Kier molecular flexibility index (Phi) is 4.85. The lowest BCUT2D eigenvalue weighted by Crippen LogP contribution is -2.15. The van der Waals surface area contributed by atoms with E-state index in [0.29, 0.717) is 16.5 Å². The summed E-state index contributed by atoms with van der Waals surface area (Å²) in [6, 6.07) is 14.1. The molecule has 4 nitrogen and oxygen atoms in total. The zero-order valence-electron chi connectivity index (χ0n) is 10.7. The summed E-state index contributed by atoms with van der Waals surface area (Å²) in [5, 5.41) is 0.642. The van der Waals surface area contributed by atoms with E-state index in [4.69, 9.17) is 26.8 Å². The third-order valence-electron chi connectivity index (χ3n) is 2.58. The van der Waals surface area contributed by atoms with E-state index in [1.165, 1.54) is 0 Å². The van der Waals surface area contributed by atoms with E-state index >= 15 is 0 Å². The van der Waals surface area contributed by atoms with Gasteiger partial charge >= 0.3 is 5.97 Å². The molecule has 2 aromatic rings. The van der Waals surface area contributed by atoms with E-state index in [1.54, 1.807) is 48.5 Å². The number of esters is 1. The van der Waals surface area contributed by atoms with Gasteiger partial charge in [-0.05, 0) is 29.8 Å². The van der Waals surface area contributed by atoms with Gasteiger partial charge in [-0.15, -0.1) is 0 Å². The molecule has 0 aromatic heterocycles. The molecule has 0 spiro atoms. The molecule has 0 heterocycles. The molecule has 2 aromatic carbocycles. The van der Waals surface area contributed by atoms with Crippen LogP contribution in [-0.4, -0.2) is 12.6 Å². The third-order valence-corrected chi connectivity index (χ3v) is 2.83. The molecule has 0 unspecified atom stereocenters. The standard InChI is InChI=1S/C15H14ClNO3/c16-12-7-5-11(6-8-12)9-20-15(18)10-19-14-4-2-1-3-13(14)17/h1-8H,9-10,17H2. The molecular weight excluding hydrogens is 278 g/mol. The number of para-hydroxylation sites is 2. The van der Waals surface area contributed by atoms with Gasteiger partial charge in [0.05, 0.1) is 5.69 Å². The topological polar surface area (TPSA) is 61.5 Å². The van der Waals surface area contributed by atoms with Gasteiger partial charge in [-0.3, -0.25) is 0 Å². The van der Waals surface area contributed by atoms with Crippen molar-refractivity contribution in [3.8, 4) is 5.75 Å². The summed E-state index contributed by atoms with van der Waals surface area (Å²) in [6.07, 6.45) is 0. The van der Waals surface area contributed by atoms with Crippen molar-refractivity contribution in [3.63, 3.8) is 0 Å². The van der Waals surface area contributed by atoms with Gasteiger partial charge in [-0.2, -0.15) is 0 Å². The van der Waals surface area contributed by atoms with Crippen LogP contribution in [0.3, 0.4) is 0 Å². The fourth-order valence-electron chi connectivity index (χ4n) is 1.53. The molecule has 0 aliphatic heterocycles. The highest BCUT2D eigenvalue weighted by Crippen LogP contribution is 2.19. The van der Waals surface area contributed by atoms with Crippen LogP contribution in [-0.2, 0) is 16.1 Å². The molecule has 20 heavy (non-hydrogen) atoms. The first-order valence-corrected chi connectivity index (χ1v) is 6.40. The zero-order valence-corrected chi connectivity index (χ0v) is 11.5. The molecule has 5 heteroatoms. The summed E-state index contributed by atoms with van der Waals surface area (Å²) in [6.45, 7) is 0.00539. The summed E-state index contributed by atoms with van der Waals surface area (Å²) in [4.78, 5) is 11.6. The highest BCUT2D eigenvalue weighted by atomic mass is 35.5. The predicted octanol–water partition coefficient (Wildman–Crippen LogP) is 3.04. The van der Waals surface area contributed by atoms with Crippen LogP contribution >= 0.6 is 11.6 Å². The van der Waals surface area contributed by atoms with Crippen molar-refractivity contribution in [2.45, 2.75) is 6.61 Å². The molecule has 0 saturated carbocycles. The summed E-state index contributed by atoms with van der Waals surface area (Å²) in [5.41, 5.74) is 7.04. The fraction of sp³-hybridized carbons (Fsp3) is 0.133. The summed E-state index contributed by atoms with van der Waals surface area (Å²) in [7, 11) is 0. The maximum atomic E-state index is 11.6. The van der Waals surface area contributed by atoms with Crippen LogP contribution in [0.25, 0.3) is 0 Å². The normalized spacial score (nSPS) is 10.1. The van der Waals surface area contributed by atoms with Crippen molar-refractivity contribution in [1.29, 1.82) is 0 Å². The molecule has 0 fully saturated rings. The van der Waals surface area contributed by atoms with Gasteiger partial charge in [0, 0.05) is 5.02 Å². The molecule has 0 saturated heterocycles. The van der Waals surface area contributed by atoms with E-state index in [9.17, 15) is 4.79 Å². The molecule has 2 N–H and O–H groups in total. The smallest absolute Gasteiger partial charge is 0.344 e. The maximum Gasteiger partial charge on any atom is 0.344 e. The predicted molar refractivity (Wildman–Crippen MR) is 77.6 cm³/mol. The number of anilines is 1. The number of nitrogens with two attached hydrogens (primary N) is 1. The third kappa shape index (κ3) is 4.17. The van der Waals surface area contributed by atoms with Crippen molar-refractivity contribution >= 4 is 23.3 Å². The van der Waals surface area contributed by atoms with Gasteiger partial charge in [0.2, 0.25) is 0 Å². The van der Waals surface area contributed by atoms with Crippen LogP contribution in [0.4, 0.5) is 5.69 Å². The van der Waals surface area contributed by atoms with Crippen molar-refractivity contribution < 1.29 is 14.3 Å². The number of halogens is 1. The van der Waals surface area contributed by atoms with Crippen LogP contribution in [0.1, 0.15) is 5.56 Å². The Labute approximate surface area is 122 Å². The number of benzene rings is 2. The van der Waals surface area contributed by atoms with Crippen LogP contribution in [0.15, 0.2) is 48.5 Å². The maximum absolute atomic E-state index is 11.6. The summed E-state index contributed by atoms with van der Waals surface area (Å²) in [5.74, 6) is 0.0131. The molecule has 0 aliphatic rings. The first kappa shape index (κ1) is 14.2. The van der Waals surface area contributed by atoms with Crippen molar-refractivity contribution in [1.82, 2.24) is 0 Å². The molecule has 0 atom stereocenters. The SMILES string of the molecule is Nc1ccccc1OCC(=O)OCc1ccc(Cl)cc1. The molecule has 0 amide bonds. The van der Waals surface area contributed by atoms with Crippen LogP contribution in [0, 0.1) is 0 Å². The fourth-order valence-corrected chi connectivity index (χ4v) is 1.66. The number of nitrogen functional groups attached to an aromatic ring is 1. The molecule has 0 bridgehead atoms. The number of carbonyl (C=O) groups is 1. The Bertz CT molecular complexity index is 584. The Hall–Kier alpha value is -2.20. The zero-order chi connectivity index (χ0) is 14.4. The Morgan fingerprint density at radius 1 is 1.10 bits per heavy atom. The molecular formula is C15H14ClNO3. The van der Waals surface area contributed by atoms with E-state index in [-0.39, 0.29) is 13.2 Å². The average Bonchev–Trinajstić information content (AvgIpc) is 2.46. The summed E-state index contributed by atoms with van der Waals surface area (Å²) < 4.78 is 10.4. The lowest BCUT2D eigenvalue weighted by molar-refractivity contribution is -0.147. The van der Waals surface area contributed by atoms with Gasteiger partial charge < -0.3 is 15.2 Å². The summed E-state index contributed by atoms with van der Waals surface area (Å²) >= 11 is 5.77. The minimum Gasteiger partial charge on any atom is -0.480 e. The second-order valence-electron chi connectivity index (χ2n) is 4.11. The number of hydrogen-bond acceptors (Lipinski definition) is 4. The number of ether oxygens (including phenoxy) is 2. The second-order valence-corrected chi connectivity index (χ2v) is 4.55. The minimum absolute atomic E-state index is 0.179. The van der Waals surface area contributed by atoms with E-state index in [0.717, 1.165) is 5.56 Å². The van der Waals surface area contributed by atoms with Crippen molar-refractivity contribution in [2.24, 2.45) is 0 Å². The van der Waals surface area contributed by atoms with Gasteiger partial charge in [-0.25, -0.2) is 4.79 Å².